The minimum Gasteiger partial charge on any atom is -0.309 e. The molecule has 0 spiro atoms. The monoisotopic (exact) mass is 636 g/mol. The Morgan fingerprint density at radius 1 is 0.260 bits per heavy atom. The highest BCUT2D eigenvalue weighted by Gasteiger charge is 2.18. The van der Waals surface area contributed by atoms with Gasteiger partial charge in [-0.05, 0) is 88.0 Å². The lowest BCUT2D eigenvalue weighted by Gasteiger charge is -2.11. The Balaban J connectivity index is 1.16. The zero-order valence-corrected chi connectivity index (χ0v) is 27.4. The van der Waals surface area contributed by atoms with Gasteiger partial charge in [-0.3, -0.25) is 0 Å². The van der Waals surface area contributed by atoms with Crippen molar-refractivity contribution in [2.24, 2.45) is 0 Å². The number of aromatic nitrogens is 2. The van der Waals surface area contributed by atoms with Crippen molar-refractivity contribution < 1.29 is 0 Å². The van der Waals surface area contributed by atoms with Crippen molar-refractivity contribution in [3.63, 3.8) is 0 Å². The maximum atomic E-state index is 2.44. The molecule has 0 atom stereocenters. The van der Waals surface area contributed by atoms with E-state index in [0.29, 0.717) is 0 Å². The molecule has 2 heteroatoms. The number of hydrogen-bond donors (Lipinski definition) is 0. The molecule has 0 aliphatic carbocycles. The molecule has 50 heavy (non-hydrogen) atoms. The number of fused-ring (bicyclic) bond motifs is 6. The Morgan fingerprint density at radius 2 is 0.760 bits per heavy atom. The smallest absolute Gasteiger partial charge is 0.0547 e. The van der Waals surface area contributed by atoms with E-state index in [4.69, 9.17) is 0 Å². The van der Waals surface area contributed by atoms with Gasteiger partial charge in [-0.2, -0.15) is 0 Å². The van der Waals surface area contributed by atoms with E-state index in [1.54, 1.807) is 0 Å². The van der Waals surface area contributed by atoms with Crippen LogP contribution in [0.4, 0.5) is 0 Å². The summed E-state index contributed by atoms with van der Waals surface area (Å²) in [6.45, 7) is 0. The van der Waals surface area contributed by atoms with Gasteiger partial charge >= 0.3 is 0 Å². The van der Waals surface area contributed by atoms with Crippen LogP contribution in [0.2, 0.25) is 0 Å². The largest absolute Gasteiger partial charge is 0.309 e. The fourth-order valence-electron chi connectivity index (χ4n) is 7.85. The second kappa shape index (κ2) is 11.5. The summed E-state index contributed by atoms with van der Waals surface area (Å²) < 4.78 is 4.84. The minimum atomic E-state index is 1.15. The molecule has 0 bridgehead atoms. The number of nitrogens with zero attached hydrogens (tertiary/aromatic N) is 2. The predicted octanol–water partition coefficient (Wildman–Crippen LogP) is 12.9. The van der Waals surface area contributed by atoms with Crippen molar-refractivity contribution in [3.05, 3.63) is 194 Å². The van der Waals surface area contributed by atoms with Crippen LogP contribution in [0.5, 0.6) is 0 Å². The molecule has 8 aromatic carbocycles. The number of para-hydroxylation sites is 2. The molecular weight excluding hydrogens is 605 g/mol. The quantitative estimate of drug-likeness (QED) is 0.178. The summed E-state index contributed by atoms with van der Waals surface area (Å²) in [5.41, 5.74) is 14.5. The van der Waals surface area contributed by atoms with Crippen molar-refractivity contribution in [1.82, 2.24) is 9.13 Å². The molecule has 0 unspecified atom stereocenters. The normalized spacial score (nSPS) is 11.6. The molecular formula is C48H32N2. The molecule has 2 heterocycles. The van der Waals surface area contributed by atoms with Gasteiger partial charge in [0.25, 0.3) is 0 Å². The van der Waals surface area contributed by atoms with Crippen LogP contribution >= 0.6 is 0 Å². The Morgan fingerprint density at radius 3 is 1.52 bits per heavy atom. The van der Waals surface area contributed by atoms with Crippen LogP contribution in [0.3, 0.4) is 0 Å². The van der Waals surface area contributed by atoms with E-state index in [-0.39, 0.29) is 0 Å². The summed E-state index contributed by atoms with van der Waals surface area (Å²) in [6, 6.07) is 70.4. The third-order valence-electron chi connectivity index (χ3n) is 10.1. The van der Waals surface area contributed by atoms with Crippen molar-refractivity contribution >= 4 is 43.6 Å². The first kappa shape index (κ1) is 28.4. The molecule has 0 fully saturated rings. The van der Waals surface area contributed by atoms with Crippen LogP contribution < -0.4 is 0 Å². The molecule has 10 rings (SSSR count). The van der Waals surface area contributed by atoms with E-state index >= 15 is 0 Å². The summed E-state index contributed by atoms with van der Waals surface area (Å²) >= 11 is 0. The highest BCUT2D eigenvalue weighted by Crippen LogP contribution is 2.41. The van der Waals surface area contributed by atoms with Gasteiger partial charge in [0, 0.05) is 32.9 Å². The zero-order chi connectivity index (χ0) is 33.0. The lowest BCUT2D eigenvalue weighted by atomic mass is 9.96. The molecule has 0 radical (unpaired) electrons. The maximum absolute atomic E-state index is 2.44. The van der Waals surface area contributed by atoms with Crippen LogP contribution in [-0.4, -0.2) is 9.13 Å². The SMILES string of the molecule is c1ccc(-c2ccc(-n3c4ccccc4c4cc(-n5c6ccccc6c6c(-c7cccc(-c8ccccc8)c7)cccc65)ccc43)cc2)cc1. The van der Waals surface area contributed by atoms with Gasteiger partial charge in [0.2, 0.25) is 0 Å². The molecule has 2 nitrogen and oxygen atoms in total. The Hall–Kier alpha value is -6.64. The molecule has 0 aliphatic heterocycles. The van der Waals surface area contributed by atoms with Gasteiger partial charge in [-0.25, -0.2) is 0 Å². The summed E-state index contributed by atoms with van der Waals surface area (Å²) in [4.78, 5) is 0. The first-order chi connectivity index (χ1) is 24.8. The van der Waals surface area contributed by atoms with Crippen molar-refractivity contribution in [2.75, 3.05) is 0 Å². The Labute approximate surface area is 290 Å². The second-order valence-electron chi connectivity index (χ2n) is 13.0. The van der Waals surface area contributed by atoms with Gasteiger partial charge in [0.15, 0.2) is 0 Å². The van der Waals surface area contributed by atoms with Crippen LogP contribution in [-0.2, 0) is 0 Å². The highest BCUT2D eigenvalue weighted by molar-refractivity contribution is 6.16. The number of benzene rings is 8. The van der Waals surface area contributed by atoms with E-state index in [1.165, 1.54) is 77.0 Å². The molecule has 0 aliphatic rings. The lowest BCUT2D eigenvalue weighted by molar-refractivity contribution is 1.17. The summed E-state index contributed by atoms with van der Waals surface area (Å²) in [5, 5.41) is 5.01. The number of rotatable bonds is 5. The minimum absolute atomic E-state index is 1.15. The molecule has 0 saturated carbocycles. The van der Waals surface area contributed by atoms with Gasteiger partial charge in [0.1, 0.15) is 0 Å². The van der Waals surface area contributed by atoms with E-state index < -0.39 is 0 Å². The Bertz CT molecular complexity index is 2840. The fraction of sp³-hybridized carbons (Fsp3) is 0. The molecule has 0 saturated heterocycles. The first-order valence-corrected chi connectivity index (χ1v) is 17.2. The van der Waals surface area contributed by atoms with E-state index in [0.717, 1.165) is 11.4 Å². The number of hydrogen-bond acceptors (Lipinski definition) is 0. The van der Waals surface area contributed by atoms with Gasteiger partial charge in [0.05, 0.1) is 22.1 Å². The van der Waals surface area contributed by atoms with Crippen molar-refractivity contribution in [2.45, 2.75) is 0 Å². The second-order valence-corrected chi connectivity index (χ2v) is 13.0. The zero-order valence-electron chi connectivity index (χ0n) is 27.4. The maximum Gasteiger partial charge on any atom is 0.0547 e. The van der Waals surface area contributed by atoms with Crippen LogP contribution in [0.1, 0.15) is 0 Å². The molecule has 0 amide bonds. The van der Waals surface area contributed by atoms with Gasteiger partial charge in [-0.1, -0.05) is 140 Å². The topological polar surface area (TPSA) is 9.86 Å². The average molecular weight is 637 g/mol. The Kier molecular flexibility index (Phi) is 6.53. The van der Waals surface area contributed by atoms with Crippen molar-refractivity contribution in [1.29, 1.82) is 0 Å². The molecule has 2 aromatic heterocycles. The van der Waals surface area contributed by atoms with Gasteiger partial charge < -0.3 is 9.13 Å². The van der Waals surface area contributed by atoms with Gasteiger partial charge in [-0.15, -0.1) is 0 Å². The van der Waals surface area contributed by atoms with Crippen LogP contribution in [0.25, 0.3) is 88.4 Å². The lowest BCUT2D eigenvalue weighted by Crippen LogP contribution is -1.96. The summed E-state index contributed by atoms with van der Waals surface area (Å²) in [7, 11) is 0. The third-order valence-corrected chi connectivity index (χ3v) is 10.1. The predicted molar refractivity (Wildman–Crippen MR) is 211 cm³/mol. The summed E-state index contributed by atoms with van der Waals surface area (Å²) in [6.07, 6.45) is 0. The van der Waals surface area contributed by atoms with E-state index in [9.17, 15) is 0 Å². The summed E-state index contributed by atoms with van der Waals surface area (Å²) in [5.74, 6) is 0. The molecule has 234 valence electrons. The molecule has 10 aromatic rings. The van der Waals surface area contributed by atoms with E-state index in [1.807, 2.05) is 0 Å². The van der Waals surface area contributed by atoms with Crippen molar-refractivity contribution in [3.8, 4) is 44.8 Å². The standard InChI is InChI=1S/C48H32N2/c1-3-13-33(14-4-1)35-25-27-38(28-26-35)49-44-22-9-7-19-41(44)43-32-39(29-30-46(43)49)50-45-23-10-8-20-42(45)48-40(21-12-24-47(48)50)37-18-11-17-36(31-37)34-15-5-2-6-16-34/h1-32H. The highest BCUT2D eigenvalue weighted by atomic mass is 15.0. The van der Waals surface area contributed by atoms with E-state index in [2.05, 4.69) is 203 Å². The van der Waals surface area contributed by atoms with Crippen LogP contribution in [0.15, 0.2) is 194 Å². The first-order valence-electron chi connectivity index (χ1n) is 17.2. The van der Waals surface area contributed by atoms with Crippen LogP contribution in [0, 0.1) is 0 Å². The molecule has 0 N–H and O–H groups in total. The third kappa shape index (κ3) is 4.50. The fourth-order valence-corrected chi connectivity index (χ4v) is 7.85. The average Bonchev–Trinajstić information content (AvgIpc) is 3.71.